The Balaban J connectivity index is 1.74. The van der Waals surface area contributed by atoms with E-state index in [4.69, 9.17) is 0 Å². The second-order valence-corrected chi connectivity index (χ2v) is 9.58. The molecule has 1 aliphatic rings. The van der Waals surface area contributed by atoms with Crippen LogP contribution in [0, 0.1) is 19.7 Å². The summed E-state index contributed by atoms with van der Waals surface area (Å²) in [4.78, 5) is 0. The fraction of sp³-hybridized carbons (Fsp3) is 0.0588. The first-order valence-electron chi connectivity index (χ1n) is 12.1. The monoisotopic (exact) mass is 450 g/mol. The molecule has 0 heterocycles. The molecular weight excluding hydrogens is 427 g/mol. The van der Waals surface area contributed by atoms with Gasteiger partial charge < -0.3 is 0 Å². The Morgan fingerprint density at radius 3 is 1.63 bits per heavy atom. The van der Waals surface area contributed by atoms with E-state index in [0.29, 0.717) is 0 Å². The number of hydrogen-bond donors (Lipinski definition) is 0. The summed E-state index contributed by atoms with van der Waals surface area (Å²) < 4.78 is 14.0. The Morgan fingerprint density at radius 1 is 0.457 bits per heavy atom. The predicted molar refractivity (Wildman–Crippen MR) is 146 cm³/mol. The van der Waals surface area contributed by atoms with Crippen LogP contribution in [0.15, 0.2) is 103 Å². The fourth-order valence-electron chi connectivity index (χ4n) is 5.88. The van der Waals surface area contributed by atoms with Crippen molar-refractivity contribution in [1.29, 1.82) is 0 Å². The molecule has 0 aliphatic heterocycles. The van der Waals surface area contributed by atoms with Crippen molar-refractivity contribution in [1.82, 2.24) is 0 Å². The summed E-state index contributed by atoms with van der Waals surface area (Å²) >= 11 is 0. The molecule has 0 N–H and O–H groups in total. The Kier molecular flexibility index (Phi) is 4.25. The van der Waals surface area contributed by atoms with Crippen molar-refractivity contribution in [2.75, 3.05) is 0 Å². The van der Waals surface area contributed by atoms with Gasteiger partial charge in [0.05, 0.1) is 0 Å². The first-order chi connectivity index (χ1) is 17.1. The van der Waals surface area contributed by atoms with Gasteiger partial charge in [-0.1, -0.05) is 96.6 Å². The van der Waals surface area contributed by atoms with Crippen LogP contribution in [0.25, 0.3) is 66.1 Å². The molecule has 166 valence electrons. The Labute approximate surface area is 204 Å². The van der Waals surface area contributed by atoms with Gasteiger partial charge in [0.2, 0.25) is 0 Å². The van der Waals surface area contributed by atoms with E-state index in [1.807, 2.05) is 12.1 Å². The minimum atomic E-state index is -0.216. The molecule has 6 aromatic carbocycles. The van der Waals surface area contributed by atoms with Gasteiger partial charge in [0.25, 0.3) is 0 Å². The number of fused-ring (bicyclic) bond motifs is 4. The highest BCUT2D eigenvalue weighted by Gasteiger charge is 2.30. The van der Waals surface area contributed by atoms with Crippen molar-refractivity contribution in [3.63, 3.8) is 0 Å². The lowest BCUT2D eigenvalue weighted by Crippen LogP contribution is -1.93. The third kappa shape index (κ3) is 2.85. The van der Waals surface area contributed by atoms with Gasteiger partial charge >= 0.3 is 0 Å². The SMILES string of the molecule is Cc1ccc(-c2c3c(c(-c4ccc(F)cc4)c4ccccc24)-c2cccc4c(C)ccc-3c24)cc1. The quantitative estimate of drug-likeness (QED) is 0.246. The largest absolute Gasteiger partial charge is 0.207 e. The molecule has 35 heavy (non-hydrogen) atoms. The summed E-state index contributed by atoms with van der Waals surface area (Å²) in [6, 6.07) is 35.6. The standard InChI is InChI=1S/C34H23F/c1-20-10-13-22(14-11-20)30-26-6-3-4-7-27(26)31(23-15-17-24(35)18-16-23)33-28-9-5-8-25-21(2)12-19-29(32(25)28)34(30)33/h3-19H,1-2H3. The molecule has 0 spiro atoms. The zero-order valence-electron chi connectivity index (χ0n) is 19.7. The second-order valence-electron chi connectivity index (χ2n) is 9.58. The zero-order chi connectivity index (χ0) is 23.7. The summed E-state index contributed by atoms with van der Waals surface area (Å²) in [6.07, 6.45) is 0. The van der Waals surface area contributed by atoms with Crippen LogP contribution in [0.1, 0.15) is 11.1 Å². The minimum absolute atomic E-state index is 0.216. The minimum Gasteiger partial charge on any atom is -0.207 e. The Bertz CT molecular complexity index is 1690. The highest BCUT2D eigenvalue weighted by Crippen LogP contribution is 2.57. The molecule has 0 fully saturated rings. The van der Waals surface area contributed by atoms with E-state index in [9.17, 15) is 4.39 Å². The van der Waals surface area contributed by atoms with Crippen molar-refractivity contribution < 1.29 is 4.39 Å². The molecule has 1 aliphatic carbocycles. The Morgan fingerprint density at radius 2 is 1.00 bits per heavy atom. The fourth-order valence-corrected chi connectivity index (χ4v) is 5.88. The molecule has 0 amide bonds. The van der Waals surface area contributed by atoms with Crippen LogP contribution in [0.5, 0.6) is 0 Å². The lowest BCUT2D eigenvalue weighted by Gasteiger charge is -2.20. The number of rotatable bonds is 2. The van der Waals surface area contributed by atoms with Crippen LogP contribution in [0.3, 0.4) is 0 Å². The average molecular weight is 451 g/mol. The van der Waals surface area contributed by atoms with Gasteiger partial charge in [-0.2, -0.15) is 0 Å². The summed E-state index contributed by atoms with van der Waals surface area (Å²) in [5.41, 5.74) is 12.3. The van der Waals surface area contributed by atoms with Gasteiger partial charge in [-0.15, -0.1) is 0 Å². The van der Waals surface area contributed by atoms with Gasteiger partial charge in [0.15, 0.2) is 0 Å². The van der Waals surface area contributed by atoms with Gasteiger partial charge in [-0.05, 0) is 97.6 Å². The third-order valence-corrected chi connectivity index (χ3v) is 7.49. The highest BCUT2D eigenvalue weighted by molar-refractivity contribution is 6.27. The maximum atomic E-state index is 14.0. The van der Waals surface area contributed by atoms with Crippen molar-refractivity contribution in [3.8, 4) is 44.5 Å². The predicted octanol–water partition coefficient (Wildman–Crippen LogP) is 9.73. The van der Waals surface area contributed by atoms with Crippen molar-refractivity contribution in [3.05, 3.63) is 120 Å². The summed E-state index contributed by atoms with van der Waals surface area (Å²) in [6.45, 7) is 4.31. The molecule has 0 saturated heterocycles. The topological polar surface area (TPSA) is 0 Å². The molecule has 0 radical (unpaired) electrons. The number of benzene rings is 6. The number of halogens is 1. The molecule has 0 nitrogen and oxygen atoms in total. The maximum absolute atomic E-state index is 14.0. The Hall–Kier alpha value is -4.23. The van der Waals surface area contributed by atoms with Crippen LogP contribution >= 0.6 is 0 Å². The molecule has 0 unspecified atom stereocenters. The van der Waals surface area contributed by atoms with Crippen LogP contribution in [-0.4, -0.2) is 0 Å². The molecule has 7 rings (SSSR count). The van der Waals surface area contributed by atoms with E-state index in [0.717, 1.165) is 5.56 Å². The first-order valence-corrected chi connectivity index (χ1v) is 12.1. The molecule has 1 heteroatoms. The smallest absolute Gasteiger partial charge is 0.123 e. The van der Waals surface area contributed by atoms with E-state index in [1.165, 1.54) is 71.6 Å². The van der Waals surface area contributed by atoms with Crippen LogP contribution in [0.4, 0.5) is 4.39 Å². The maximum Gasteiger partial charge on any atom is 0.123 e. The van der Waals surface area contributed by atoms with Gasteiger partial charge in [-0.3, -0.25) is 0 Å². The van der Waals surface area contributed by atoms with Crippen LogP contribution < -0.4 is 0 Å². The summed E-state index contributed by atoms with van der Waals surface area (Å²) in [5.74, 6) is -0.216. The third-order valence-electron chi connectivity index (χ3n) is 7.49. The van der Waals surface area contributed by atoms with Crippen molar-refractivity contribution >= 4 is 21.5 Å². The lowest BCUT2D eigenvalue weighted by molar-refractivity contribution is 0.628. The summed E-state index contributed by atoms with van der Waals surface area (Å²) in [5, 5.41) is 5.01. The van der Waals surface area contributed by atoms with E-state index in [1.54, 1.807) is 12.1 Å². The number of aryl methyl sites for hydroxylation is 2. The molecule has 0 saturated carbocycles. The highest BCUT2D eigenvalue weighted by atomic mass is 19.1. The van der Waals surface area contributed by atoms with Gasteiger partial charge in [-0.25, -0.2) is 4.39 Å². The molecule has 6 aromatic rings. The second kappa shape index (κ2) is 7.38. The van der Waals surface area contributed by atoms with E-state index in [2.05, 4.69) is 92.7 Å². The first kappa shape index (κ1) is 20.2. The van der Waals surface area contributed by atoms with Crippen molar-refractivity contribution in [2.45, 2.75) is 13.8 Å². The van der Waals surface area contributed by atoms with Crippen LogP contribution in [-0.2, 0) is 0 Å². The van der Waals surface area contributed by atoms with Gasteiger partial charge in [0, 0.05) is 0 Å². The molecular formula is C34H23F. The summed E-state index contributed by atoms with van der Waals surface area (Å²) in [7, 11) is 0. The number of hydrogen-bond acceptors (Lipinski definition) is 0. The van der Waals surface area contributed by atoms with E-state index >= 15 is 0 Å². The van der Waals surface area contributed by atoms with Crippen LogP contribution in [0.2, 0.25) is 0 Å². The lowest BCUT2D eigenvalue weighted by atomic mass is 9.82. The van der Waals surface area contributed by atoms with E-state index < -0.39 is 0 Å². The molecule has 0 bridgehead atoms. The molecule has 0 atom stereocenters. The van der Waals surface area contributed by atoms with Crippen molar-refractivity contribution in [2.24, 2.45) is 0 Å². The molecule has 0 aromatic heterocycles. The van der Waals surface area contributed by atoms with Gasteiger partial charge in [0.1, 0.15) is 5.82 Å². The average Bonchev–Trinajstić information content (AvgIpc) is 3.21. The van der Waals surface area contributed by atoms with E-state index in [-0.39, 0.29) is 5.82 Å². The zero-order valence-corrected chi connectivity index (χ0v) is 19.7. The normalized spacial score (nSPS) is 11.9.